The van der Waals surface area contributed by atoms with Crippen LogP contribution in [0.2, 0.25) is 4.47 Å². The van der Waals surface area contributed by atoms with Crippen LogP contribution in [0.25, 0.3) is 0 Å². The smallest absolute Gasteiger partial charge is 0.252 e. The molecular formula is C10H12ClN3O2S2. The topological polar surface area (TPSA) is 64.0 Å². The van der Waals surface area contributed by atoms with Crippen molar-refractivity contribution in [1.29, 1.82) is 0 Å². The van der Waals surface area contributed by atoms with Gasteiger partial charge >= 0.3 is 0 Å². The molecule has 0 saturated carbocycles. The summed E-state index contributed by atoms with van der Waals surface area (Å²) in [6.07, 6.45) is 3.72. The van der Waals surface area contributed by atoms with Crippen LogP contribution in [0.15, 0.2) is 22.7 Å². The molecule has 0 aliphatic heterocycles. The molecule has 0 spiro atoms. The molecule has 0 saturated heterocycles. The Morgan fingerprint density at radius 3 is 2.78 bits per heavy atom. The molecular weight excluding hydrogens is 294 g/mol. The number of rotatable bonds is 4. The molecule has 18 heavy (non-hydrogen) atoms. The minimum absolute atomic E-state index is 0.170. The lowest BCUT2D eigenvalue weighted by atomic mass is 10.4. The molecule has 1 N–H and O–H groups in total. The maximum absolute atomic E-state index is 12.0. The quantitative estimate of drug-likeness (QED) is 0.938. The first-order valence-corrected chi connectivity index (χ1v) is 7.80. The molecule has 0 aliphatic carbocycles. The number of nitrogens with zero attached hydrogens (tertiary/aromatic N) is 2. The van der Waals surface area contributed by atoms with E-state index < -0.39 is 10.0 Å². The van der Waals surface area contributed by atoms with Crippen molar-refractivity contribution in [2.45, 2.75) is 17.7 Å². The molecule has 8 heteroatoms. The Labute approximate surface area is 114 Å². The van der Waals surface area contributed by atoms with Crippen LogP contribution in [0, 0.1) is 6.92 Å². The fourth-order valence-electron chi connectivity index (χ4n) is 1.51. The minimum Gasteiger partial charge on any atom is -0.357 e. The summed E-state index contributed by atoms with van der Waals surface area (Å²) in [6.45, 7) is 1.87. The van der Waals surface area contributed by atoms with Gasteiger partial charge in [-0.1, -0.05) is 22.9 Å². The van der Waals surface area contributed by atoms with Crippen LogP contribution in [0.5, 0.6) is 0 Å². The summed E-state index contributed by atoms with van der Waals surface area (Å²) in [6, 6.07) is 1.86. The lowest BCUT2D eigenvalue weighted by Gasteiger charge is -2.03. The third kappa shape index (κ3) is 2.92. The van der Waals surface area contributed by atoms with Crippen molar-refractivity contribution in [1.82, 2.24) is 14.3 Å². The van der Waals surface area contributed by atoms with Crippen LogP contribution >= 0.6 is 22.9 Å². The minimum atomic E-state index is -3.55. The number of aromatic nitrogens is 2. The molecule has 0 amide bonds. The van der Waals surface area contributed by atoms with E-state index in [1.165, 1.54) is 0 Å². The van der Waals surface area contributed by atoms with Crippen molar-refractivity contribution >= 4 is 33.0 Å². The largest absolute Gasteiger partial charge is 0.357 e. The molecule has 0 fully saturated rings. The number of thiazole rings is 1. The molecule has 98 valence electrons. The summed E-state index contributed by atoms with van der Waals surface area (Å²) in [7, 11) is -1.67. The molecule has 0 aliphatic rings. The van der Waals surface area contributed by atoms with E-state index >= 15 is 0 Å². The van der Waals surface area contributed by atoms with Gasteiger partial charge in [0.05, 0.1) is 5.69 Å². The Morgan fingerprint density at radius 1 is 1.56 bits per heavy atom. The third-order valence-electron chi connectivity index (χ3n) is 2.33. The van der Waals surface area contributed by atoms with E-state index in [1.807, 2.05) is 30.1 Å². The van der Waals surface area contributed by atoms with Gasteiger partial charge in [0.25, 0.3) is 10.0 Å². The highest BCUT2D eigenvalue weighted by molar-refractivity contribution is 7.91. The standard InChI is InChI=1S/C10H12ClN3O2S2/c1-7-9(17-10(11)13-7)18(15,16)12-5-8-3-4-14(2)6-8/h3-4,6,12H,5H2,1-2H3. The molecule has 5 nitrogen and oxygen atoms in total. The number of hydrogen-bond donors (Lipinski definition) is 1. The van der Waals surface area contributed by atoms with E-state index in [4.69, 9.17) is 11.6 Å². The summed E-state index contributed by atoms with van der Waals surface area (Å²) >= 11 is 6.66. The van der Waals surface area contributed by atoms with Gasteiger partial charge in [0.15, 0.2) is 8.68 Å². The number of aryl methyl sites for hydroxylation is 2. The Hall–Kier alpha value is -0.890. The van der Waals surface area contributed by atoms with Gasteiger partial charge in [0.1, 0.15) is 0 Å². The maximum atomic E-state index is 12.0. The van der Waals surface area contributed by atoms with E-state index in [0.29, 0.717) is 5.69 Å². The van der Waals surface area contributed by atoms with E-state index in [0.717, 1.165) is 16.9 Å². The third-order valence-corrected chi connectivity index (χ3v) is 5.60. The second-order valence-electron chi connectivity index (χ2n) is 3.85. The summed E-state index contributed by atoms with van der Waals surface area (Å²) in [5.74, 6) is 0. The molecule has 0 bridgehead atoms. The Bertz CT molecular complexity index is 660. The number of halogens is 1. The van der Waals surface area contributed by atoms with Crippen molar-refractivity contribution in [3.8, 4) is 0 Å². The van der Waals surface area contributed by atoms with Crippen molar-refractivity contribution in [3.05, 3.63) is 34.2 Å². The second kappa shape index (κ2) is 5.00. The highest BCUT2D eigenvalue weighted by atomic mass is 35.5. The van der Waals surface area contributed by atoms with E-state index in [-0.39, 0.29) is 15.2 Å². The van der Waals surface area contributed by atoms with E-state index in [2.05, 4.69) is 9.71 Å². The fourth-order valence-corrected chi connectivity index (χ4v) is 4.31. The number of sulfonamides is 1. The van der Waals surface area contributed by atoms with Crippen molar-refractivity contribution in [2.75, 3.05) is 0 Å². The molecule has 0 radical (unpaired) electrons. The van der Waals surface area contributed by atoms with Crippen molar-refractivity contribution in [3.63, 3.8) is 0 Å². The zero-order valence-corrected chi connectivity index (χ0v) is 12.2. The summed E-state index contributed by atoms with van der Waals surface area (Å²) in [4.78, 5) is 3.90. The lowest BCUT2D eigenvalue weighted by Crippen LogP contribution is -2.22. The molecule has 0 atom stereocenters. The monoisotopic (exact) mass is 305 g/mol. The van der Waals surface area contributed by atoms with Gasteiger partial charge in [-0.2, -0.15) is 0 Å². The first-order chi connectivity index (χ1) is 8.38. The van der Waals surface area contributed by atoms with Crippen LogP contribution in [-0.4, -0.2) is 18.0 Å². The Kier molecular flexibility index (Phi) is 3.76. The second-order valence-corrected chi connectivity index (χ2v) is 7.39. The predicted octanol–water partition coefficient (Wildman–Crippen LogP) is 1.92. The van der Waals surface area contributed by atoms with Crippen LogP contribution in [0.1, 0.15) is 11.3 Å². The van der Waals surface area contributed by atoms with Crippen LogP contribution in [-0.2, 0) is 23.6 Å². The SMILES string of the molecule is Cc1nc(Cl)sc1S(=O)(=O)NCc1ccn(C)c1. The van der Waals surface area contributed by atoms with E-state index in [1.54, 1.807) is 6.92 Å². The first-order valence-electron chi connectivity index (χ1n) is 5.12. The van der Waals surface area contributed by atoms with Gasteiger partial charge in [0.2, 0.25) is 0 Å². The summed E-state index contributed by atoms with van der Waals surface area (Å²) in [5, 5.41) is 0. The zero-order chi connectivity index (χ0) is 13.3. The van der Waals surface area contributed by atoms with Gasteiger partial charge in [0, 0.05) is 26.0 Å². The molecule has 2 aromatic rings. The Balaban J connectivity index is 2.15. The van der Waals surface area contributed by atoms with Gasteiger partial charge in [-0.05, 0) is 18.6 Å². The van der Waals surface area contributed by atoms with Crippen LogP contribution in [0.3, 0.4) is 0 Å². The van der Waals surface area contributed by atoms with Crippen LogP contribution < -0.4 is 4.72 Å². The van der Waals surface area contributed by atoms with Gasteiger partial charge < -0.3 is 4.57 Å². The molecule has 2 heterocycles. The zero-order valence-electron chi connectivity index (χ0n) is 9.84. The van der Waals surface area contributed by atoms with E-state index in [9.17, 15) is 8.42 Å². The van der Waals surface area contributed by atoms with Gasteiger partial charge in [-0.15, -0.1) is 0 Å². The lowest BCUT2D eigenvalue weighted by molar-refractivity contribution is 0.582. The predicted molar refractivity (Wildman–Crippen MR) is 71.3 cm³/mol. The fraction of sp³-hybridized carbons (Fsp3) is 0.300. The highest BCUT2D eigenvalue weighted by Gasteiger charge is 2.21. The molecule has 2 rings (SSSR count). The van der Waals surface area contributed by atoms with Crippen LogP contribution in [0.4, 0.5) is 0 Å². The maximum Gasteiger partial charge on any atom is 0.252 e. The van der Waals surface area contributed by atoms with Crippen molar-refractivity contribution < 1.29 is 8.42 Å². The van der Waals surface area contributed by atoms with Gasteiger partial charge in [-0.25, -0.2) is 18.1 Å². The highest BCUT2D eigenvalue weighted by Crippen LogP contribution is 2.26. The summed E-state index contributed by atoms with van der Waals surface area (Å²) in [5.41, 5.74) is 1.32. The average molecular weight is 306 g/mol. The molecule has 0 aromatic carbocycles. The Morgan fingerprint density at radius 2 is 2.28 bits per heavy atom. The molecule has 2 aromatic heterocycles. The first kappa shape index (κ1) is 13.5. The normalized spacial score (nSPS) is 11.9. The average Bonchev–Trinajstić information content (AvgIpc) is 2.82. The molecule has 0 unspecified atom stereocenters. The summed E-state index contributed by atoms with van der Waals surface area (Å²) < 4.78 is 28.9. The number of nitrogens with one attached hydrogen (secondary N) is 1. The number of hydrogen-bond acceptors (Lipinski definition) is 4. The van der Waals surface area contributed by atoms with Crippen molar-refractivity contribution in [2.24, 2.45) is 7.05 Å². The van der Waals surface area contributed by atoms with Gasteiger partial charge in [-0.3, -0.25) is 0 Å².